The number of ether oxygens (including phenoxy) is 1. The average Bonchev–Trinajstić information content (AvgIpc) is 2.44. The zero-order valence-corrected chi connectivity index (χ0v) is 11.6. The minimum atomic E-state index is -4.15. The number of hydrogen-bond donors (Lipinski definition) is 2. The van der Waals surface area contributed by atoms with E-state index in [1.165, 1.54) is 11.0 Å². The van der Waals surface area contributed by atoms with Crippen LogP contribution in [0.2, 0.25) is 0 Å². The number of halogens is 3. The third-order valence-electron chi connectivity index (χ3n) is 2.75. The lowest BCUT2D eigenvalue weighted by molar-refractivity contribution is -0.137. The van der Waals surface area contributed by atoms with Crippen molar-refractivity contribution in [3.05, 3.63) is 29.8 Å². The number of nitrogens with one attached hydrogen (secondary N) is 1. The third kappa shape index (κ3) is 6.96. The predicted octanol–water partition coefficient (Wildman–Crippen LogP) is 1.55. The lowest BCUT2D eigenvalue weighted by Gasteiger charge is -2.18. The number of carbonyl (C=O) groups is 1. The number of hydrogen-bond acceptors (Lipinski definition) is 4. The van der Waals surface area contributed by atoms with Crippen LogP contribution in [0.5, 0.6) is 5.75 Å². The Morgan fingerprint density at radius 1 is 1.38 bits per heavy atom. The van der Waals surface area contributed by atoms with Gasteiger partial charge in [0.25, 0.3) is 5.91 Å². The molecule has 0 saturated carbocycles. The second-order valence-electron chi connectivity index (χ2n) is 4.52. The summed E-state index contributed by atoms with van der Waals surface area (Å²) in [6.45, 7) is 0.494. The molecule has 0 atom stereocenters. The van der Waals surface area contributed by atoms with Gasteiger partial charge in [-0.15, -0.1) is 0 Å². The highest BCUT2D eigenvalue weighted by molar-refractivity contribution is 5.94. The Labute approximate surface area is 120 Å². The van der Waals surface area contributed by atoms with Crippen LogP contribution >= 0.6 is 0 Å². The second kappa shape index (κ2) is 7.84. The molecule has 21 heavy (non-hydrogen) atoms. The van der Waals surface area contributed by atoms with Crippen molar-refractivity contribution in [3.8, 4) is 5.75 Å². The fourth-order valence-corrected chi connectivity index (χ4v) is 1.56. The normalized spacial score (nSPS) is 11.5. The van der Waals surface area contributed by atoms with Crippen LogP contribution in [0, 0.1) is 0 Å². The molecule has 1 aromatic carbocycles. The van der Waals surface area contributed by atoms with Crippen LogP contribution in [0.4, 0.5) is 13.2 Å². The first kappa shape index (κ1) is 17.3. The Hall–Kier alpha value is -1.80. The first-order valence-electron chi connectivity index (χ1n) is 6.31. The lowest BCUT2D eigenvalue weighted by atomic mass is 10.2. The molecule has 0 heterocycles. The quantitative estimate of drug-likeness (QED) is 0.456. The van der Waals surface area contributed by atoms with Crippen molar-refractivity contribution in [2.24, 2.45) is 5.84 Å². The maximum absolute atomic E-state index is 12.1. The highest BCUT2D eigenvalue weighted by atomic mass is 19.4. The molecule has 0 unspecified atom stereocenters. The molecule has 1 aromatic rings. The van der Waals surface area contributed by atoms with Crippen LogP contribution in [0.3, 0.4) is 0 Å². The van der Waals surface area contributed by atoms with Gasteiger partial charge in [0.15, 0.2) is 0 Å². The number of amides is 1. The molecule has 8 heteroatoms. The predicted molar refractivity (Wildman–Crippen MR) is 71.8 cm³/mol. The van der Waals surface area contributed by atoms with Crippen LogP contribution in [0.15, 0.2) is 24.3 Å². The van der Waals surface area contributed by atoms with Gasteiger partial charge in [-0.25, -0.2) is 5.84 Å². The Balaban J connectivity index is 2.37. The average molecular weight is 305 g/mol. The van der Waals surface area contributed by atoms with E-state index < -0.39 is 18.5 Å². The van der Waals surface area contributed by atoms with Crippen molar-refractivity contribution in [1.29, 1.82) is 0 Å². The van der Waals surface area contributed by atoms with E-state index in [0.717, 1.165) is 0 Å². The molecular weight excluding hydrogens is 287 g/mol. The van der Waals surface area contributed by atoms with Gasteiger partial charge in [0, 0.05) is 18.7 Å². The summed E-state index contributed by atoms with van der Waals surface area (Å²) >= 11 is 0. The number of nitrogens with zero attached hydrogens (tertiary/aromatic N) is 1. The molecule has 5 nitrogen and oxygen atoms in total. The van der Waals surface area contributed by atoms with Crippen molar-refractivity contribution in [2.45, 2.75) is 12.6 Å². The molecule has 1 amide bonds. The summed E-state index contributed by atoms with van der Waals surface area (Å²) in [6, 6.07) is 6.37. The van der Waals surface area contributed by atoms with E-state index in [4.69, 9.17) is 10.6 Å². The topological polar surface area (TPSA) is 67.6 Å². The Kier molecular flexibility index (Phi) is 6.44. The molecule has 0 fully saturated rings. The summed E-state index contributed by atoms with van der Waals surface area (Å²) in [5, 5.41) is 0. The molecule has 0 radical (unpaired) electrons. The van der Waals surface area contributed by atoms with Gasteiger partial charge in [0.1, 0.15) is 12.4 Å². The lowest BCUT2D eigenvalue weighted by Crippen LogP contribution is -2.30. The molecule has 0 aliphatic heterocycles. The summed E-state index contributed by atoms with van der Waals surface area (Å²) < 4.78 is 41.6. The molecule has 1 rings (SSSR count). The van der Waals surface area contributed by atoms with E-state index in [2.05, 4.69) is 0 Å². The Morgan fingerprint density at radius 3 is 2.71 bits per heavy atom. The standard InChI is InChI=1S/C13H18F3N3O2/c1-19(6-5-13(14,15)16)7-8-21-11-4-2-3-10(9-11)12(20)18-17/h2-4,9H,5-8,17H2,1H3,(H,18,20). The monoisotopic (exact) mass is 305 g/mol. The van der Waals surface area contributed by atoms with Crippen LogP contribution in [0.25, 0.3) is 0 Å². The fraction of sp³-hybridized carbons (Fsp3) is 0.462. The smallest absolute Gasteiger partial charge is 0.390 e. The Morgan fingerprint density at radius 2 is 2.10 bits per heavy atom. The molecular formula is C13H18F3N3O2. The largest absolute Gasteiger partial charge is 0.492 e. The van der Waals surface area contributed by atoms with Gasteiger partial charge in [-0.3, -0.25) is 10.2 Å². The number of nitrogen functional groups attached to an aromatic ring is 1. The molecule has 118 valence electrons. The Bertz CT molecular complexity index is 466. The number of nitrogens with two attached hydrogens (primary N) is 1. The number of hydrazine groups is 1. The van der Waals surface area contributed by atoms with Crippen LogP contribution in [-0.2, 0) is 0 Å². The zero-order chi connectivity index (χ0) is 15.9. The SMILES string of the molecule is CN(CCOc1cccc(C(=O)NN)c1)CCC(F)(F)F. The van der Waals surface area contributed by atoms with Gasteiger partial charge in [0.2, 0.25) is 0 Å². The third-order valence-corrected chi connectivity index (χ3v) is 2.75. The molecule has 0 saturated heterocycles. The van der Waals surface area contributed by atoms with Crippen LogP contribution in [0.1, 0.15) is 16.8 Å². The van der Waals surface area contributed by atoms with Gasteiger partial charge in [-0.2, -0.15) is 13.2 Å². The summed E-state index contributed by atoms with van der Waals surface area (Å²) in [5.74, 6) is 5.04. The maximum atomic E-state index is 12.1. The molecule has 0 aromatic heterocycles. The number of rotatable bonds is 7. The number of alkyl halides is 3. The molecule has 0 spiro atoms. The number of likely N-dealkylation sites (N-methyl/N-ethyl adjacent to an activating group) is 1. The first-order valence-corrected chi connectivity index (χ1v) is 6.31. The van der Waals surface area contributed by atoms with Gasteiger partial charge >= 0.3 is 6.18 Å². The summed E-state index contributed by atoms with van der Waals surface area (Å²) in [7, 11) is 1.59. The van der Waals surface area contributed by atoms with Crippen molar-refractivity contribution >= 4 is 5.91 Å². The second-order valence-corrected chi connectivity index (χ2v) is 4.52. The molecule has 0 aliphatic rings. The van der Waals surface area contributed by atoms with Crippen LogP contribution in [-0.4, -0.2) is 43.7 Å². The number of carbonyl (C=O) groups excluding carboxylic acids is 1. The molecule has 0 bridgehead atoms. The fourth-order valence-electron chi connectivity index (χ4n) is 1.56. The van der Waals surface area contributed by atoms with Crippen molar-refractivity contribution in [3.63, 3.8) is 0 Å². The minimum Gasteiger partial charge on any atom is -0.492 e. The van der Waals surface area contributed by atoms with Crippen molar-refractivity contribution in [1.82, 2.24) is 10.3 Å². The highest BCUT2D eigenvalue weighted by Gasteiger charge is 2.26. The van der Waals surface area contributed by atoms with E-state index in [-0.39, 0.29) is 13.2 Å². The molecule has 3 N–H and O–H groups in total. The van der Waals surface area contributed by atoms with Gasteiger partial charge < -0.3 is 9.64 Å². The van der Waals surface area contributed by atoms with E-state index in [0.29, 0.717) is 17.9 Å². The zero-order valence-electron chi connectivity index (χ0n) is 11.6. The van der Waals surface area contributed by atoms with E-state index >= 15 is 0 Å². The van der Waals surface area contributed by atoms with Gasteiger partial charge in [-0.05, 0) is 25.2 Å². The van der Waals surface area contributed by atoms with Gasteiger partial charge in [-0.1, -0.05) is 6.07 Å². The van der Waals surface area contributed by atoms with Crippen LogP contribution < -0.4 is 16.0 Å². The summed E-state index contributed by atoms with van der Waals surface area (Å²) in [5.41, 5.74) is 2.35. The van der Waals surface area contributed by atoms with Crippen molar-refractivity contribution < 1.29 is 22.7 Å². The van der Waals surface area contributed by atoms with E-state index in [9.17, 15) is 18.0 Å². The minimum absolute atomic E-state index is 0.0809. The summed E-state index contributed by atoms with van der Waals surface area (Å²) in [6.07, 6.45) is -5.01. The van der Waals surface area contributed by atoms with E-state index in [1.807, 2.05) is 5.43 Å². The first-order chi connectivity index (χ1) is 9.81. The summed E-state index contributed by atoms with van der Waals surface area (Å²) in [4.78, 5) is 12.9. The highest BCUT2D eigenvalue weighted by Crippen LogP contribution is 2.19. The molecule has 0 aliphatic carbocycles. The van der Waals surface area contributed by atoms with Gasteiger partial charge in [0.05, 0.1) is 6.42 Å². The van der Waals surface area contributed by atoms with Crippen molar-refractivity contribution in [2.75, 3.05) is 26.7 Å². The number of benzene rings is 1. The maximum Gasteiger partial charge on any atom is 0.390 e. The van der Waals surface area contributed by atoms with E-state index in [1.54, 1.807) is 25.2 Å².